The zero-order chi connectivity index (χ0) is 22.6. The number of hydrogen-bond donors (Lipinski definition) is 1. The third kappa shape index (κ3) is 5.00. The van der Waals surface area contributed by atoms with E-state index in [0.717, 1.165) is 33.0 Å². The first-order valence-electron chi connectivity index (χ1n) is 9.70. The summed E-state index contributed by atoms with van der Waals surface area (Å²) in [5.41, 5.74) is 0.726. The van der Waals surface area contributed by atoms with E-state index < -0.39 is 26.9 Å². The number of non-ortho nitro benzene ring substituents is 1. The molecule has 8 nitrogen and oxygen atoms in total. The van der Waals surface area contributed by atoms with Gasteiger partial charge in [0, 0.05) is 18.7 Å². The number of hydrogen-bond acceptors (Lipinski definition) is 5. The average molecular weight is 442 g/mol. The molecule has 9 heteroatoms. The fourth-order valence-corrected chi connectivity index (χ4v) is 4.75. The summed E-state index contributed by atoms with van der Waals surface area (Å²) in [6.45, 7) is 1.92. The van der Waals surface area contributed by atoms with Crippen LogP contribution in [0.1, 0.15) is 18.9 Å². The maximum absolute atomic E-state index is 13.0. The maximum Gasteiger partial charge on any atom is 0.271 e. The number of amides is 1. The molecular formula is C22H23N3O5S. The normalized spacial score (nSPS) is 12.3. The predicted molar refractivity (Wildman–Crippen MR) is 120 cm³/mol. The molecule has 1 unspecified atom stereocenters. The number of nitrogens with one attached hydrogen (secondary N) is 1. The molecule has 3 rings (SSSR count). The minimum Gasteiger partial charge on any atom is -0.350 e. The Morgan fingerprint density at radius 2 is 1.77 bits per heavy atom. The first kappa shape index (κ1) is 22.2. The number of sulfonamides is 1. The van der Waals surface area contributed by atoms with E-state index in [4.69, 9.17) is 0 Å². The first-order chi connectivity index (χ1) is 14.7. The number of fused-ring (bicyclic) bond motifs is 1. The maximum atomic E-state index is 13.0. The monoisotopic (exact) mass is 441 g/mol. The number of carbonyl (C=O) groups is 1. The lowest BCUT2D eigenvalue weighted by molar-refractivity contribution is -0.384. The summed E-state index contributed by atoms with van der Waals surface area (Å²) >= 11 is 0. The fourth-order valence-electron chi connectivity index (χ4n) is 3.55. The standard InChI is InChI=1S/C22H23N3O5S/c1-3-21(24(31(2,29)30)18-11-7-12-19(14-18)25(27)28)22(26)23-15-17-10-6-9-16-8-4-5-13-20(16)17/h4-14,21H,3,15H2,1-2H3,(H,23,26). The van der Waals surface area contributed by atoms with Crippen LogP contribution in [0.3, 0.4) is 0 Å². The molecule has 0 saturated heterocycles. The van der Waals surface area contributed by atoms with Crippen LogP contribution in [-0.2, 0) is 21.4 Å². The van der Waals surface area contributed by atoms with Crippen molar-refractivity contribution in [1.82, 2.24) is 5.32 Å². The Hall–Kier alpha value is -3.46. The lowest BCUT2D eigenvalue weighted by atomic mass is 10.0. The van der Waals surface area contributed by atoms with Crippen molar-refractivity contribution in [1.29, 1.82) is 0 Å². The Labute approximate surface area is 180 Å². The van der Waals surface area contributed by atoms with Crippen LogP contribution in [0.25, 0.3) is 10.8 Å². The summed E-state index contributed by atoms with van der Waals surface area (Å²) in [6, 6.07) is 17.8. The topological polar surface area (TPSA) is 110 Å². The van der Waals surface area contributed by atoms with E-state index in [1.807, 2.05) is 42.5 Å². The van der Waals surface area contributed by atoms with E-state index in [9.17, 15) is 23.3 Å². The van der Waals surface area contributed by atoms with Crippen LogP contribution in [0.2, 0.25) is 0 Å². The van der Waals surface area contributed by atoms with Crippen molar-refractivity contribution >= 4 is 38.1 Å². The molecule has 3 aromatic rings. The van der Waals surface area contributed by atoms with E-state index in [-0.39, 0.29) is 24.3 Å². The van der Waals surface area contributed by atoms with Crippen molar-refractivity contribution in [3.63, 3.8) is 0 Å². The summed E-state index contributed by atoms with van der Waals surface area (Å²) in [7, 11) is -3.88. The van der Waals surface area contributed by atoms with Crippen molar-refractivity contribution in [2.24, 2.45) is 0 Å². The van der Waals surface area contributed by atoms with Crippen molar-refractivity contribution in [3.05, 3.63) is 82.4 Å². The predicted octanol–water partition coefficient (Wildman–Crippen LogP) is 3.61. The number of rotatable bonds is 8. The van der Waals surface area contributed by atoms with Gasteiger partial charge in [0.05, 0.1) is 16.9 Å². The van der Waals surface area contributed by atoms with Crippen LogP contribution in [0.15, 0.2) is 66.7 Å². The zero-order valence-electron chi connectivity index (χ0n) is 17.2. The zero-order valence-corrected chi connectivity index (χ0v) is 18.0. The second-order valence-corrected chi connectivity index (χ2v) is 8.98. The number of nitro groups is 1. The molecule has 3 aromatic carbocycles. The van der Waals surface area contributed by atoms with Crippen LogP contribution >= 0.6 is 0 Å². The third-order valence-corrected chi connectivity index (χ3v) is 6.14. The van der Waals surface area contributed by atoms with Crippen LogP contribution in [0.5, 0.6) is 0 Å². The van der Waals surface area contributed by atoms with Gasteiger partial charge in [-0.25, -0.2) is 8.42 Å². The molecule has 0 aliphatic heterocycles. The van der Waals surface area contributed by atoms with Gasteiger partial charge in [-0.2, -0.15) is 0 Å². The number of carbonyl (C=O) groups excluding carboxylic acids is 1. The summed E-state index contributed by atoms with van der Waals surface area (Å²) in [4.78, 5) is 23.5. The number of benzene rings is 3. The highest BCUT2D eigenvalue weighted by atomic mass is 32.2. The number of nitro benzene ring substituents is 1. The summed E-state index contributed by atoms with van der Waals surface area (Å²) in [6.07, 6.45) is 1.17. The van der Waals surface area contributed by atoms with Gasteiger partial charge in [0.25, 0.3) is 5.69 Å². The van der Waals surface area contributed by atoms with Crippen molar-refractivity contribution in [2.45, 2.75) is 25.9 Å². The SMILES string of the molecule is CCC(C(=O)NCc1cccc2ccccc12)N(c1cccc([N+](=O)[O-])c1)S(C)(=O)=O. The van der Waals surface area contributed by atoms with E-state index >= 15 is 0 Å². The second-order valence-electron chi connectivity index (χ2n) is 7.12. The van der Waals surface area contributed by atoms with Gasteiger partial charge in [0.15, 0.2) is 0 Å². The highest BCUT2D eigenvalue weighted by molar-refractivity contribution is 7.92. The van der Waals surface area contributed by atoms with Gasteiger partial charge < -0.3 is 5.32 Å². The lowest BCUT2D eigenvalue weighted by Gasteiger charge is -2.30. The smallest absolute Gasteiger partial charge is 0.271 e. The Bertz CT molecular complexity index is 1220. The summed E-state index contributed by atoms with van der Waals surface area (Å²) < 4.78 is 26.0. The molecule has 162 valence electrons. The molecule has 1 atom stereocenters. The van der Waals surface area contributed by atoms with Crippen LogP contribution < -0.4 is 9.62 Å². The molecule has 0 heterocycles. The molecular weight excluding hydrogens is 418 g/mol. The number of nitrogens with zero attached hydrogens (tertiary/aromatic N) is 2. The van der Waals surface area contributed by atoms with Crippen LogP contribution in [0.4, 0.5) is 11.4 Å². The molecule has 0 aliphatic rings. The molecule has 1 N–H and O–H groups in total. The molecule has 0 spiro atoms. The first-order valence-corrected chi connectivity index (χ1v) is 11.6. The number of anilines is 1. The summed E-state index contributed by atoms with van der Waals surface area (Å²) in [5, 5.41) is 16.0. The van der Waals surface area contributed by atoms with Crippen LogP contribution in [-0.4, -0.2) is 31.5 Å². The Morgan fingerprint density at radius 3 is 2.45 bits per heavy atom. The molecule has 0 fully saturated rings. The third-order valence-electron chi connectivity index (χ3n) is 4.96. The Balaban J connectivity index is 1.89. The highest BCUT2D eigenvalue weighted by Crippen LogP contribution is 2.26. The van der Waals surface area contributed by atoms with Gasteiger partial charge in [-0.05, 0) is 28.8 Å². The largest absolute Gasteiger partial charge is 0.350 e. The van der Waals surface area contributed by atoms with E-state index in [1.54, 1.807) is 6.92 Å². The Kier molecular flexibility index (Phi) is 6.55. The molecule has 0 bridgehead atoms. The molecule has 0 aromatic heterocycles. The van der Waals surface area contributed by atoms with Crippen molar-refractivity contribution < 1.29 is 18.1 Å². The van der Waals surface area contributed by atoms with Gasteiger partial charge in [-0.3, -0.25) is 19.2 Å². The van der Waals surface area contributed by atoms with Crippen molar-refractivity contribution in [3.8, 4) is 0 Å². The van der Waals surface area contributed by atoms with Crippen molar-refractivity contribution in [2.75, 3.05) is 10.6 Å². The minimum absolute atomic E-state index is 0.0730. The molecule has 0 saturated carbocycles. The van der Waals surface area contributed by atoms with E-state index in [2.05, 4.69) is 5.32 Å². The van der Waals surface area contributed by atoms with Gasteiger partial charge in [-0.1, -0.05) is 55.5 Å². The minimum atomic E-state index is -3.88. The van der Waals surface area contributed by atoms with E-state index in [0.29, 0.717) is 0 Å². The highest BCUT2D eigenvalue weighted by Gasteiger charge is 2.32. The van der Waals surface area contributed by atoms with E-state index in [1.165, 1.54) is 18.2 Å². The lowest BCUT2D eigenvalue weighted by Crippen LogP contribution is -2.49. The molecule has 31 heavy (non-hydrogen) atoms. The van der Waals surface area contributed by atoms with Gasteiger partial charge in [0.2, 0.25) is 15.9 Å². The molecule has 1 amide bonds. The molecule has 0 radical (unpaired) electrons. The fraction of sp³-hybridized carbons (Fsp3) is 0.227. The van der Waals surface area contributed by atoms with Gasteiger partial charge >= 0.3 is 0 Å². The summed E-state index contributed by atoms with van der Waals surface area (Å²) in [5.74, 6) is -0.479. The second kappa shape index (κ2) is 9.13. The van der Waals surface area contributed by atoms with Gasteiger partial charge in [-0.15, -0.1) is 0 Å². The average Bonchev–Trinajstić information content (AvgIpc) is 2.74. The molecule has 0 aliphatic carbocycles. The van der Waals surface area contributed by atoms with Crippen LogP contribution in [0, 0.1) is 10.1 Å². The van der Waals surface area contributed by atoms with Gasteiger partial charge in [0.1, 0.15) is 6.04 Å². The quantitative estimate of drug-likeness (QED) is 0.424. The Morgan fingerprint density at radius 1 is 1.10 bits per heavy atom.